The average molecular weight is 299 g/mol. The van der Waals surface area contributed by atoms with Crippen LogP contribution in [0.1, 0.15) is 32.6 Å². The van der Waals surface area contributed by atoms with E-state index < -0.39 is 17.7 Å². The van der Waals surface area contributed by atoms with Gasteiger partial charge in [-0.2, -0.15) is 0 Å². The smallest absolute Gasteiger partial charge is 0.160 e. The van der Waals surface area contributed by atoms with Crippen LogP contribution in [0.3, 0.4) is 0 Å². The van der Waals surface area contributed by atoms with Crippen LogP contribution in [0.4, 0.5) is 14.5 Å². The Morgan fingerprint density at radius 2 is 2.14 bits per heavy atom. The SMILES string of the molecule is CC1CCCC(OCC(O)CNc2ccc(F)c(F)c2)C1. The molecule has 5 heteroatoms. The predicted molar refractivity (Wildman–Crippen MR) is 78.2 cm³/mol. The molecule has 2 rings (SSSR count). The highest BCUT2D eigenvalue weighted by Crippen LogP contribution is 2.25. The first-order chi connectivity index (χ1) is 10.0. The Morgan fingerprint density at radius 3 is 2.86 bits per heavy atom. The minimum absolute atomic E-state index is 0.228. The van der Waals surface area contributed by atoms with Gasteiger partial charge >= 0.3 is 0 Å². The van der Waals surface area contributed by atoms with Gasteiger partial charge in [-0.3, -0.25) is 0 Å². The van der Waals surface area contributed by atoms with E-state index in [2.05, 4.69) is 12.2 Å². The first-order valence-electron chi connectivity index (χ1n) is 7.53. The van der Waals surface area contributed by atoms with Crippen molar-refractivity contribution in [1.82, 2.24) is 0 Å². The first-order valence-corrected chi connectivity index (χ1v) is 7.53. The van der Waals surface area contributed by atoms with Gasteiger partial charge in [0.2, 0.25) is 0 Å². The van der Waals surface area contributed by atoms with Crippen molar-refractivity contribution in [2.45, 2.75) is 44.8 Å². The van der Waals surface area contributed by atoms with E-state index in [1.54, 1.807) is 0 Å². The van der Waals surface area contributed by atoms with E-state index in [0.717, 1.165) is 25.0 Å². The zero-order valence-corrected chi connectivity index (χ0v) is 12.3. The lowest BCUT2D eigenvalue weighted by molar-refractivity contribution is -0.0274. The Morgan fingerprint density at radius 1 is 1.33 bits per heavy atom. The van der Waals surface area contributed by atoms with Gasteiger partial charge in [-0.05, 0) is 30.9 Å². The van der Waals surface area contributed by atoms with Crippen molar-refractivity contribution in [2.75, 3.05) is 18.5 Å². The van der Waals surface area contributed by atoms with E-state index in [9.17, 15) is 13.9 Å². The topological polar surface area (TPSA) is 41.5 Å². The van der Waals surface area contributed by atoms with Crippen LogP contribution in [0.5, 0.6) is 0 Å². The molecule has 21 heavy (non-hydrogen) atoms. The Balaban J connectivity index is 1.69. The third-order valence-corrected chi connectivity index (χ3v) is 3.87. The highest BCUT2D eigenvalue weighted by molar-refractivity contribution is 5.43. The quantitative estimate of drug-likeness (QED) is 0.846. The zero-order valence-electron chi connectivity index (χ0n) is 12.3. The molecule has 0 heterocycles. The summed E-state index contributed by atoms with van der Waals surface area (Å²) < 4.78 is 31.5. The molecule has 3 nitrogen and oxygen atoms in total. The van der Waals surface area contributed by atoms with Crippen molar-refractivity contribution in [3.05, 3.63) is 29.8 Å². The molecule has 0 bridgehead atoms. The summed E-state index contributed by atoms with van der Waals surface area (Å²) in [4.78, 5) is 0. The molecule has 1 saturated carbocycles. The second-order valence-electron chi connectivity index (χ2n) is 5.89. The molecule has 3 unspecified atom stereocenters. The number of benzene rings is 1. The number of ether oxygens (including phenoxy) is 1. The van der Waals surface area contributed by atoms with E-state index in [1.165, 1.54) is 18.9 Å². The fraction of sp³-hybridized carbons (Fsp3) is 0.625. The molecule has 0 amide bonds. The van der Waals surface area contributed by atoms with Crippen LogP contribution < -0.4 is 5.32 Å². The highest BCUT2D eigenvalue weighted by atomic mass is 19.2. The molecular weight excluding hydrogens is 276 g/mol. The average Bonchev–Trinajstić information content (AvgIpc) is 2.46. The third kappa shape index (κ3) is 5.25. The van der Waals surface area contributed by atoms with Crippen molar-refractivity contribution < 1.29 is 18.6 Å². The second-order valence-corrected chi connectivity index (χ2v) is 5.89. The minimum atomic E-state index is -0.901. The molecule has 0 aromatic heterocycles. The molecule has 118 valence electrons. The number of aliphatic hydroxyl groups is 1. The highest BCUT2D eigenvalue weighted by Gasteiger charge is 2.20. The maximum Gasteiger partial charge on any atom is 0.160 e. The maximum atomic E-state index is 13.0. The van der Waals surface area contributed by atoms with Crippen LogP contribution in [-0.4, -0.2) is 30.5 Å². The van der Waals surface area contributed by atoms with Gasteiger partial charge in [0.1, 0.15) is 0 Å². The first kappa shape index (κ1) is 16.2. The van der Waals surface area contributed by atoms with Gasteiger partial charge < -0.3 is 15.2 Å². The van der Waals surface area contributed by atoms with E-state index in [0.29, 0.717) is 11.6 Å². The van der Waals surface area contributed by atoms with Crippen molar-refractivity contribution in [1.29, 1.82) is 0 Å². The predicted octanol–water partition coefficient (Wildman–Crippen LogP) is 3.33. The van der Waals surface area contributed by atoms with E-state index in [4.69, 9.17) is 4.74 Å². The monoisotopic (exact) mass is 299 g/mol. The van der Waals surface area contributed by atoms with E-state index >= 15 is 0 Å². The molecule has 0 spiro atoms. The third-order valence-electron chi connectivity index (χ3n) is 3.87. The lowest BCUT2D eigenvalue weighted by Gasteiger charge is -2.27. The summed E-state index contributed by atoms with van der Waals surface area (Å²) in [6, 6.07) is 3.57. The minimum Gasteiger partial charge on any atom is -0.389 e. The summed E-state index contributed by atoms with van der Waals surface area (Å²) in [5.41, 5.74) is 0.444. The normalized spacial score (nSPS) is 23.8. The Labute approximate surface area is 124 Å². The molecule has 1 aromatic carbocycles. The Kier molecular flexibility index (Phi) is 5.94. The molecule has 0 saturated heterocycles. The van der Waals surface area contributed by atoms with Crippen LogP contribution in [0.15, 0.2) is 18.2 Å². The Hall–Kier alpha value is -1.20. The summed E-state index contributed by atoms with van der Waals surface area (Å²) in [7, 11) is 0. The molecular formula is C16H23F2NO2. The fourth-order valence-electron chi connectivity index (χ4n) is 2.68. The largest absolute Gasteiger partial charge is 0.389 e. The summed E-state index contributed by atoms with van der Waals surface area (Å²) >= 11 is 0. The van der Waals surface area contributed by atoms with Crippen LogP contribution in [0, 0.1) is 17.6 Å². The maximum absolute atomic E-state index is 13.0. The van der Waals surface area contributed by atoms with E-state index in [1.807, 2.05) is 0 Å². The van der Waals surface area contributed by atoms with Gasteiger partial charge in [0.05, 0.1) is 18.8 Å². The number of halogens is 2. The summed E-state index contributed by atoms with van der Waals surface area (Å²) in [5.74, 6) is -1.10. The van der Waals surface area contributed by atoms with Crippen LogP contribution in [0.2, 0.25) is 0 Å². The number of hydrogen-bond donors (Lipinski definition) is 2. The molecule has 1 aliphatic carbocycles. The van der Waals surface area contributed by atoms with Crippen molar-refractivity contribution in [3.63, 3.8) is 0 Å². The zero-order chi connectivity index (χ0) is 15.2. The van der Waals surface area contributed by atoms with Gasteiger partial charge in [-0.15, -0.1) is 0 Å². The summed E-state index contributed by atoms with van der Waals surface area (Å²) in [6.45, 7) is 2.72. The molecule has 1 aromatic rings. The standard InChI is InChI=1S/C16H23F2NO2/c1-11-3-2-4-14(7-11)21-10-13(20)9-19-12-5-6-15(17)16(18)8-12/h5-6,8,11,13-14,19-20H,2-4,7,9-10H2,1H3. The van der Waals surface area contributed by atoms with Crippen molar-refractivity contribution in [3.8, 4) is 0 Å². The van der Waals surface area contributed by atoms with Crippen LogP contribution >= 0.6 is 0 Å². The summed E-state index contributed by atoms with van der Waals surface area (Å²) in [6.07, 6.45) is 4.08. The molecule has 1 fully saturated rings. The number of nitrogens with one attached hydrogen (secondary N) is 1. The lowest BCUT2D eigenvalue weighted by atomic mass is 9.89. The van der Waals surface area contributed by atoms with Crippen molar-refractivity contribution >= 4 is 5.69 Å². The van der Waals surface area contributed by atoms with Gasteiger partial charge in [-0.1, -0.05) is 19.8 Å². The lowest BCUT2D eigenvalue weighted by Crippen LogP contribution is -2.30. The molecule has 1 aliphatic rings. The number of hydrogen-bond acceptors (Lipinski definition) is 3. The van der Waals surface area contributed by atoms with Gasteiger partial charge in [-0.25, -0.2) is 8.78 Å². The number of anilines is 1. The molecule has 0 aliphatic heterocycles. The van der Waals surface area contributed by atoms with Crippen LogP contribution in [0.25, 0.3) is 0 Å². The van der Waals surface area contributed by atoms with Gasteiger partial charge in [0, 0.05) is 18.3 Å². The molecule has 2 N–H and O–H groups in total. The van der Waals surface area contributed by atoms with Crippen LogP contribution in [-0.2, 0) is 4.74 Å². The summed E-state index contributed by atoms with van der Waals surface area (Å²) in [5, 5.41) is 12.7. The number of aliphatic hydroxyl groups excluding tert-OH is 1. The van der Waals surface area contributed by atoms with Crippen molar-refractivity contribution in [2.24, 2.45) is 5.92 Å². The molecule has 0 radical (unpaired) electrons. The van der Waals surface area contributed by atoms with Gasteiger partial charge in [0.25, 0.3) is 0 Å². The fourth-order valence-corrected chi connectivity index (χ4v) is 2.68. The van der Waals surface area contributed by atoms with Gasteiger partial charge in [0.15, 0.2) is 11.6 Å². The Bertz CT molecular complexity index is 456. The second kappa shape index (κ2) is 7.71. The molecule has 3 atom stereocenters. The number of rotatable bonds is 6. The van der Waals surface area contributed by atoms with E-state index in [-0.39, 0.29) is 19.3 Å².